The number of rotatable bonds is 16. The fraction of sp³-hybridized carbons (Fsp3) is 0.464. The molecule has 0 saturated heterocycles. The topological polar surface area (TPSA) is 77.0 Å². The van der Waals surface area contributed by atoms with Crippen LogP contribution in [0.15, 0.2) is 41.5 Å². The van der Waals surface area contributed by atoms with Crippen molar-refractivity contribution in [1.29, 1.82) is 0 Å². The average Bonchev–Trinajstić information content (AvgIpc) is 2.84. The van der Waals surface area contributed by atoms with E-state index in [0.29, 0.717) is 29.4 Å². The van der Waals surface area contributed by atoms with Gasteiger partial charge in [-0.05, 0) is 55.3 Å². The lowest BCUT2D eigenvalue weighted by Gasteiger charge is -2.12. The molecule has 0 saturated carbocycles. The number of unbranched alkanes of at least 4 members (excludes halogenated alkanes) is 8. The summed E-state index contributed by atoms with van der Waals surface area (Å²) in [5.74, 6) is -0.104. The Morgan fingerprint density at radius 1 is 0.889 bits per heavy atom. The van der Waals surface area contributed by atoms with Crippen LogP contribution in [0.4, 0.5) is 0 Å². The Kier molecular flexibility index (Phi) is 14.0. The van der Waals surface area contributed by atoms with Gasteiger partial charge in [0.2, 0.25) is 5.91 Å². The molecule has 0 aliphatic heterocycles. The van der Waals surface area contributed by atoms with Crippen molar-refractivity contribution in [2.45, 2.75) is 78.1 Å². The predicted octanol–water partition coefficient (Wildman–Crippen LogP) is 7.98. The van der Waals surface area contributed by atoms with Crippen LogP contribution in [0.2, 0.25) is 10.0 Å². The highest BCUT2D eigenvalue weighted by molar-refractivity contribution is 6.36. The first-order valence-corrected chi connectivity index (χ1v) is 13.5. The number of nitrogens with zero attached hydrogens (tertiary/aromatic N) is 1. The van der Waals surface area contributed by atoms with Gasteiger partial charge in [-0.1, -0.05) is 81.5 Å². The number of ether oxygens (including phenoxy) is 2. The number of halogens is 2. The molecule has 0 heterocycles. The van der Waals surface area contributed by atoms with Crippen molar-refractivity contribution >= 4 is 41.3 Å². The van der Waals surface area contributed by atoms with Crippen molar-refractivity contribution in [2.24, 2.45) is 5.10 Å². The molecule has 0 bridgehead atoms. The maximum atomic E-state index is 12.6. The van der Waals surface area contributed by atoms with E-state index in [9.17, 15) is 9.59 Å². The molecule has 1 amide bonds. The second kappa shape index (κ2) is 17.0. The van der Waals surface area contributed by atoms with E-state index < -0.39 is 5.97 Å². The van der Waals surface area contributed by atoms with Crippen LogP contribution < -0.4 is 14.9 Å². The van der Waals surface area contributed by atoms with Crippen molar-refractivity contribution in [3.8, 4) is 11.5 Å². The molecule has 0 aliphatic carbocycles. The molecule has 2 aromatic carbocycles. The first-order valence-electron chi connectivity index (χ1n) is 12.7. The molecule has 196 valence electrons. The number of carbonyl (C=O) groups is 2. The highest BCUT2D eigenvalue weighted by Gasteiger charge is 2.16. The Morgan fingerprint density at radius 3 is 2.25 bits per heavy atom. The molecular weight excluding hydrogens is 499 g/mol. The largest absolute Gasteiger partial charge is 0.490 e. The fourth-order valence-electron chi connectivity index (χ4n) is 3.60. The van der Waals surface area contributed by atoms with E-state index in [1.54, 1.807) is 24.3 Å². The quantitative estimate of drug-likeness (QED) is 0.0777. The normalized spacial score (nSPS) is 11.0. The van der Waals surface area contributed by atoms with E-state index >= 15 is 0 Å². The van der Waals surface area contributed by atoms with Gasteiger partial charge >= 0.3 is 5.97 Å². The van der Waals surface area contributed by atoms with Crippen molar-refractivity contribution in [2.75, 3.05) is 6.61 Å². The summed E-state index contributed by atoms with van der Waals surface area (Å²) in [5.41, 5.74) is 3.45. The van der Waals surface area contributed by atoms with Crippen molar-refractivity contribution < 1.29 is 19.1 Å². The van der Waals surface area contributed by atoms with Crippen LogP contribution in [0.3, 0.4) is 0 Å². The smallest absolute Gasteiger partial charge is 0.345 e. The molecule has 0 atom stereocenters. The van der Waals surface area contributed by atoms with Crippen LogP contribution in [-0.2, 0) is 4.79 Å². The van der Waals surface area contributed by atoms with Crippen LogP contribution in [0.1, 0.15) is 94.0 Å². The van der Waals surface area contributed by atoms with Crippen molar-refractivity contribution in [3.05, 3.63) is 57.6 Å². The third-order valence-electron chi connectivity index (χ3n) is 5.53. The maximum Gasteiger partial charge on any atom is 0.345 e. The van der Waals surface area contributed by atoms with Gasteiger partial charge in [0.1, 0.15) is 0 Å². The number of nitrogens with one attached hydrogen (secondary N) is 1. The average molecular weight is 536 g/mol. The van der Waals surface area contributed by atoms with E-state index in [4.69, 9.17) is 32.7 Å². The number of carbonyl (C=O) groups excluding carboxylic acids is 2. The molecule has 6 nitrogen and oxygen atoms in total. The summed E-state index contributed by atoms with van der Waals surface area (Å²) in [4.78, 5) is 24.6. The lowest BCUT2D eigenvalue weighted by Crippen LogP contribution is -2.16. The summed E-state index contributed by atoms with van der Waals surface area (Å²) in [5, 5.41) is 4.67. The van der Waals surface area contributed by atoms with E-state index in [1.165, 1.54) is 63.3 Å². The van der Waals surface area contributed by atoms with E-state index in [-0.39, 0.29) is 22.2 Å². The summed E-state index contributed by atoms with van der Waals surface area (Å²) in [7, 11) is 0. The van der Waals surface area contributed by atoms with Crippen LogP contribution in [-0.4, -0.2) is 24.7 Å². The standard InChI is InChI=1S/C28H36Cl2N2O4/c1-3-5-6-7-8-9-10-11-12-13-27(33)32-31-20-21-14-17-25(26(18-21)35-4-2)36-28(34)23-16-15-22(29)19-24(23)30/h14-20H,3-13H2,1-2H3,(H,32,33)/b31-20+. The molecule has 0 radical (unpaired) electrons. The van der Waals surface area contributed by atoms with E-state index in [2.05, 4.69) is 17.5 Å². The zero-order chi connectivity index (χ0) is 26.2. The van der Waals surface area contributed by atoms with Crippen LogP contribution in [0, 0.1) is 0 Å². The van der Waals surface area contributed by atoms with Crippen molar-refractivity contribution in [3.63, 3.8) is 0 Å². The lowest BCUT2D eigenvalue weighted by molar-refractivity contribution is -0.121. The lowest BCUT2D eigenvalue weighted by atomic mass is 10.1. The van der Waals surface area contributed by atoms with Crippen LogP contribution in [0.5, 0.6) is 11.5 Å². The summed E-state index contributed by atoms with van der Waals surface area (Å²) < 4.78 is 11.1. The summed E-state index contributed by atoms with van der Waals surface area (Å²) in [6.45, 7) is 4.43. The minimum absolute atomic E-state index is 0.107. The summed E-state index contributed by atoms with van der Waals surface area (Å²) in [6.07, 6.45) is 12.8. The van der Waals surface area contributed by atoms with Gasteiger partial charge < -0.3 is 9.47 Å². The third kappa shape index (κ3) is 11.0. The number of hydrogen-bond donors (Lipinski definition) is 1. The van der Waals surface area contributed by atoms with Gasteiger partial charge in [0.05, 0.1) is 23.4 Å². The number of benzene rings is 2. The second-order valence-corrected chi connectivity index (χ2v) is 9.37. The van der Waals surface area contributed by atoms with Crippen LogP contribution in [0.25, 0.3) is 0 Å². The first kappa shape index (κ1) is 29.7. The van der Waals surface area contributed by atoms with E-state index in [0.717, 1.165) is 12.8 Å². The molecule has 1 N–H and O–H groups in total. The second-order valence-electron chi connectivity index (χ2n) is 8.52. The maximum absolute atomic E-state index is 12.6. The molecule has 2 aromatic rings. The van der Waals surface area contributed by atoms with Gasteiger partial charge in [-0.15, -0.1) is 0 Å². The highest BCUT2D eigenvalue weighted by atomic mass is 35.5. The van der Waals surface area contributed by atoms with Gasteiger partial charge in [0, 0.05) is 11.4 Å². The third-order valence-corrected chi connectivity index (χ3v) is 6.08. The molecular formula is C28H36Cl2N2O4. The molecule has 36 heavy (non-hydrogen) atoms. The predicted molar refractivity (Wildman–Crippen MR) is 147 cm³/mol. The Hall–Kier alpha value is -2.57. The minimum Gasteiger partial charge on any atom is -0.490 e. The fourth-order valence-corrected chi connectivity index (χ4v) is 4.08. The number of hydrogen-bond acceptors (Lipinski definition) is 5. The van der Waals surface area contributed by atoms with Crippen LogP contribution >= 0.6 is 23.2 Å². The Morgan fingerprint density at radius 2 is 1.58 bits per heavy atom. The minimum atomic E-state index is -0.622. The van der Waals surface area contributed by atoms with E-state index in [1.807, 2.05) is 6.92 Å². The van der Waals surface area contributed by atoms with Crippen molar-refractivity contribution in [1.82, 2.24) is 5.43 Å². The van der Waals surface area contributed by atoms with Gasteiger partial charge in [0.25, 0.3) is 0 Å². The number of amides is 1. The summed E-state index contributed by atoms with van der Waals surface area (Å²) >= 11 is 12.0. The number of hydrazone groups is 1. The zero-order valence-electron chi connectivity index (χ0n) is 21.2. The molecule has 0 spiro atoms. The Labute approximate surface area is 224 Å². The van der Waals surface area contributed by atoms with Gasteiger partial charge in [0.15, 0.2) is 11.5 Å². The molecule has 0 aliphatic rings. The molecule has 0 aromatic heterocycles. The molecule has 8 heteroatoms. The summed E-state index contributed by atoms with van der Waals surface area (Å²) in [6, 6.07) is 9.56. The highest BCUT2D eigenvalue weighted by Crippen LogP contribution is 2.30. The number of esters is 1. The molecule has 0 unspecified atom stereocenters. The Bertz CT molecular complexity index is 1010. The van der Waals surface area contributed by atoms with Gasteiger partial charge in [-0.25, -0.2) is 10.2 Å². The SMILES string of the molecule is CCCCCCCCCCCC(=O)N/N=C/c1ccc(OC(=O)c2ccc(Cl)cc2Cl)c(OCC)c1. The Balaban J connectivity index is 1.81. The first-order chi connectivity index (χ1) is 17.4. The zero-order valence-corrected chi connectivity index (χ0v) is 22.7. The monoisotopic (exact) mass is 534 g/mol. The molecule has 2 rings (SSSR count). The van der Waals surface area contributed by atoms with Gasteiger partial charge in [-0.2, -0.15) is 5.10 Å². The van der Waals surface area contributed by atoms with Gasteiger partial charge in [-0.3, -0.25) is 4.79 Å². The molecule has 0 fully saturated rings.